The maximum absolute atomic E-state index is 12.4. The third-order valence-corrected chi connectivity index (χ3v) is 6.32. The van der Waals surface area contributed by atoms with Gasteiger partial charge in [0.15, 0.2) is 15.5 Å². The van der Waals surface area contributed by atoms with Crippen LogP contribution in [-0.4, -0.2) is 53.4 Å². The van der Waals surface area contributed by atoms with Crippen molar-refractivity contribution in [2.45, 2.75) is 25.4 Å². The third kappa shape index (κ3) is 4.08. The summed E-state index contributed by atoms with van der Waals surface area (Å²) in [7, 11) is -3.10. The number of hydrogen-bond acceptors (Lipinski definition) is 5. The number of carbonyl (C=O) groups is 1. The minimum atomic E-state index is -3.10. The topological polar surface area (TPSA) is 101 Å². The van der Waals surface area contributed by atoms with Crippen LogP contribution in [0.1, 0.15) is 29.9 Å². The zero-order valence-corrected chi connectivity index (χ0v) is 15.8. The highest BCUT2D eigenvalue weighted by Gasteiger charge is 2.32. The predicted octanol–water partition coefficient (Wildman–Crippen LogP) is 1.67. The van der Waals surface area contributed by atoms with E-state index in [-0.39, 0.29) is 29.8 Å². The molecule has 26 heavy (non-hydrogen) atoms. The van der Waals surface area contributed by atoms with E-state index < -0.39 is 21.8 Å². The van der Waals surface area contributed by atoms with Crippen LogP contribution in [-0.2, 0) is 9.84 Å². The number of carbonyl (C=O) groups excluding carboxylic acids is 1. The molecule has 0 spiro atoms. The van der Waals surface area contributed by atoms with Gasteiger partial charge in [-0.3, -0.25) is 9.48 Å². The number of amides is 1. The number of halogens is 1. The summed E-state index contributed by atoms with van der Waals surface area (Å²) < 4.78 is 25.3. The fraction of sp³-hybridized carbons (Fsp3) is 0.412. The zero-order valence-electron chi connectivity index (χ0n) is 14.2. The molecule has 0 radical (unpaired) electrons. The minimum absolute atomic E-state index is 0.00334. The Morgan fingerprint density at radius 3 is 2.69 bits per heavy atom. The number of nitrogens with one attached hydrogen (secondary N) is 1. The Kier molecular flexibility index (Phi) is 5.36. The molecule has 7 nitrogen and oxygen atoms in total. The van der Waals surface area contributed by atoms with Crippen LogP contribution in [0.2, 0.25) is 5.02 Å². The fourth-order valence-corrected chi connectivity index (χ4v) is 4.75. The van der Waals surface area contributed by atoms with Crippen LogP contribution in [0, 0.1) is 0 Å². The number of aliphatic hydroxyl groups is 1. The van der Waals surface area contributed by atoms with Gasteiger partial charge in [-0.15, -0.1) is 0 Å². The van der Waals surface area contributed by atoms with Gasteiger partial charge in [0, 0.05) is 11.1 Å². The lowest BCUT2D eigenvalue weighted by molar-refractivity contribution is 0.0916. The number of nitrogens with zero attached hydrogens (tertiary/aromatic N) is 2. The first-order valence-corrected chi connectivity index (χ1v) is 10.5. The molecule has 1 fully saturated rings. The highest BCUT2D eigenvalue weighted by atomic mass is 35.5. The van der Waals surface area contributed by atoms with Crippen LogP contribution in [0.4, 0.5) is 0 Å². The van der Waals surface area contributed by atoms with Gasteiger partial charge in [0.05, 0.1) is 29.8 Å². The lowest BCUT2D eigenvalue weighted by atomic mass is 10.1. The number of sulfone groups is 1. The van der Waals surface area contributed by atoms with Gasteiger partial charge in [0.2, 0.25) is 0 Å². The van der Waals surface area contributed by atoms with Gasteiger partial charge in [0.1, 0.15) is 0 Å². The van der Waals surface area contributed by atoms with Crippen LogP contribution in [0.15, 0.2) is 30.3 Å². The van der Waals surface area contributed by atoms with Gasteiger partial charge in [-0.05, 0) is 37.1 Å². The summed E-state index contributed by atoms with van der Waals surface area (Å²) in [5.74, 6) is -0.300. The third-order valence-electron chi connectivity index (χ3n) is 4.31. The summed E-state index contributed by atoms with van der Waals surface area (Å²) in [4.78, 5) is 12.4. The largest absolute Gasteiger partial charge is 0.394 e. The Bertz CT molecular complexity index is 909. The van der Waals surface area contributed by atoms with E-state index in [0.717, 1.165) is 5.56 Å². The Morgan fingerprint density at radius 1 is 1.42 bits per heavy atom. The van der Waals surface area contributed by atoms with Gasteiger partial charge >= 0.3 is 0 Å². The first-order chi connectivity index (χ1) is 12.3. The van der Waals surface area contributed by atoms with Crippen LogP contribution in [0.25, 0.3) is 11.3 Å². The van der Waals surface area contributed by atoms with Crippen LogP contribution in [0.5, 0.6) is 0 Å². The van der Waals surface area contributed by atoms with E-state index in [2.05, 4.69) is 10.4 Å². The number of hydrogen-bond donors (Lipinski definition) is 2. The van der Waals surface area contributed by atoms with E-state index in [1.807, 2.05) is 0 Å². The Labute approximate surface area is 156 Å². The van der Waals surface area contributed by atoms with E-state index in [4.69, 9.17) is 16.7 Å². The molecule has 1 aromatic heterocycles. The van der Waals surface area contributed by atoms with Crippen molar-refractivity contribution >= 4 is 27.3 Å². The number of benzene rings is 1. The second kappa shape index (κ2) is 7.38. The highest BCUT2D eigenvalue weighted by Crippen LogP contribution is 2.30. The maximum Gasteiger partial charge on any atom is 0.272 e. The number of aliphatic hydroxyl groups excluding tert-OH is 1. The molecule has 2 aromatic rings. The molecule has 140 valence electrons. The van der Waals surface area contributed by atoms with Crippen molar-refractivity contribution < 1.29 is 18.3 Å². The second-order valence-electron chi connectivity index (χ2n) is 6.48. The molecule has 2 atom stereocenters. The quantitative estimate of drug-likeness (QED) is 0.799. The molecule has 1 aliphatic heterocycles. The monoisotopic (exact) mass is 397 g/mol. The van der Waals surface area contributed by atoms with E-state index in [9.17, 15) is 13.2 Å². The van der Waals surface area contributed by atoms with Crippen molar-refractivity contribution in [2.24, 2.45) is 0 Å². The van der Waals surface area contributed by atoms with Crippen molar-refractivity contribution in [3.8, 4) is 11.3 Å². The molecule has 0 aliphatic carbocycles. The highest BCUT2D eigenvalue weighted by molar-refractivity contribution is 7.91. The van der Waals surface area contributed by atoms with Gasteiger partial charge in [-0.2, -0.15) is 5.10 Å². The first-order valence-electron chi connectivity index (χ1n) is 8.26. The average Bonchev–Trinajstić information content (AvgIpc) is 3.18. The molecule has 1 unspecified atom stereocenters. The molecule has 9 heteroatoms. The Hall–Kier alpha value is -1.90. The lowest BCUT2D eigenvalue weighted by Crippen LogP contribution is -2.35. The average molecular weight is 398 g/mol. The summed E-state index contributed by atoms with van der Waals surface area (Å²) >= 11 is 5.94. The maximum atomic E-state index is 12.4. The van der Waals surface area contributed by atoms with Crippen molar-refractivity contribution in [1.82, 2.24) is 15.1 Å². The summed E-state index contributed by atoms with van der Waals surface area (Å²) in [6.45, 7) is 1.50. The Morgan fingerprint density at radius 2 is 2.12 bits per heavy atom. The number of aromatic nitrogens is 2. The smallest absolute Gasteiger partial charge is 0.272 e. The molecule has 3 rings (SSSR count). The van der Waals surface area contributed by atoms with Crippen molar-refractivity contribution in [1.29, 1.82) is 0 Å². The van der Waals surface area contributed by atoms with E-state index in [0.29, 0.717) is 17.1 Å². The normalized spacial score (nSPS) is 20.0. The molecule has 2 heterocycles. The summed E-state index contributed by atoms with van der Waals surface area (Å²) in [5.41, 5.74) is 1.63. The minimum Gasteiger partial charge on any atom is -0.394 e. The van der Waals surface area contributed by atoms with Crippen molar-refractivity contribution in [3.05, 3.63) is 41.0 Å². The summed E-state index contributed by atoms with van der Waals surface area (Å²) in [5, 5.41) is 16.7. The molecular formula is C17H20ClN3O4S. The molecule has 0 saturated carbocycles. The zero-order chi connectivity index (χ0) is 18.9. The van der Waals surface area contributed by atoms with E-state index >= 15 is 0 Å². The molecular weight excluding hydrogens is 378 g/mol. The van der Waals surface area contributed by atoms with Gasteiger partial charge in [0.25, 0.3) is 5.91 Å². The number of rotatable bonds is 5. The molecule has 1 aromatic carbocycles. The summed E-state index contributed by atoms with van der Waals surface area (Å²) in [6.07, 6.45) is 0.457. The SMILES string of the molecule is C[C@@H](CO)NC(=O)c1cc(-c2ccc(Cl)cc2)n(C2CCS(=O)(=O)C2)n1. The molecule has 0 bridgehead atoms. The molecule has 1 amide bonds. The Balaban J connectivity index is 2.00. The molecule has 1 aliphatic rings. The van der Waals surface area contributed by atoms with Crippen LogP contribution >= 0.6 is 11.6 Å². The summed E-state index contributed by atoms with van der Waals surface area (Å²) in [6, 6.07) is 7.98. The van der Waals surface area contributed by atoms with Crippen molar-refractivity contribution in [2.75, 3.05) is 18.1 Å². The van der Waals surface area contributed by atoms with Crippen LogP contribution < -0.4 is 5.32 Å². The predicted molar refractivity (Wildman–Crippen MR) is 99.0 cm³/mol. The fourth-order valence-electron chi connectivity index (χ4n) is 2.93. The van der Waals surface area contributed by atoms with Crippen LogP contribution in [0.3, 0.4) is 0 Å². The van der Waals surface area contributed by atoms with E-state index in [1.54, 1.807) is 41.9 Å². The van der Waals surface area contributed by atoms with E-state index in [1.165, 1.54) is 0 Å². The standard InChI is InChI=1S/C17H20ClN3O4S/c1-11(9-22)19-17(23)15-8-16(12-2-4-13(18)5-3-12)21(20-15)14-6-7-26(24,25)10-14/h2-5,8,11,14,22H,6-7,9-10H2,1H3,(H,19,23)/t11-,14?/m0/s1. The lowest BCUT2D eigenvalue weighted by Gasteiger charge is -2.13. The second-order valence-corrected chi connectivity index (χ2v) is 9.15. The van der Waals surface area contributed by atoms with Gasteiger partial charge in [-0.1, -0.05) is 23.7 Å². The first kappa shape index (κ1) is 18.9. The molecule has 1 saturated heterocycles. The van der Waals surface area contributed by atoms with Crippen molar-refractivity contribution in [3.63, 3.8) is 0 Å². The molecule has 2 N–H and O–H groups in total. The van der Waals surface area contributed by atoms with Gasteiger partial charge < -0.3 is 10.4 Å². The van der Waals surface area contributed by atoms with Gasteiger partial charge in [-0.25, -0.2) is 8.42 Å².